The summed E-state index contributed by atoms with van der Waals surface area (Å²) in [5.41, 5.74) is 0. The minimum atomic E-state index is 0.754. The number of methoxy groups -OCH3 is 1. The van der Waals surface area contributed by atoms with Crippen LogP contribution in [0.1, 0.15) is 46.0 Å². The van der Waals surface area contributed by atoms with E-state index in [0.717, 1.165) is 29.2 Å². The van der Waals surface area contributed by atoms with E-state index >= 15 is 0 Å². The third-order valence-corrected chi connectivity index (χ3v) is 5.00. The van der Waals surface area contributed by atoms with Crippen LogP contribution in [0.4, 0.5) is 0 Å². The molecule has 0 aliphatic heterocycles. The van der Waals surface area contributed by atoms with E-state index in [2.05, 4.69) is 29.8 Å². The SMILES string of the molecule is COCCCC1CC(C(C)C)CCC1Br. The van der Waals surface area contributed by atoms with E-state index in [1.165, 1.54) is 32.1 Å². The van der Waals surface area contributed by atoms with Crippen molar-refractivity contribution in [1.29, 1.82) is 0 Å². The minimum absolute atomic E-state index is 0.754. The van der Waals surface area contributed by atoms with Crippen LogP contribution in [-0.4, -0.2) is 18.5 Å². The molecule has 0 N–H and O–H groups in total. The van der Waals surface area contributed by atoms with Crippen LogP contribution in [0, 0.1) is 17.8 Å². The lowest BCUT2D eigenvalue weighted by Crippen LogP contribution is -2.27. The molecule has 3 unspecified atom stereocenters. The second kappa shape index (κ2) is 6.90. The molecule has 0 radical (unpaired) electrons. The van der Waals surface area contributed by atoms with Crippen molar-refractivity contribution in [3.8, 4) is 0 Å². The Kier molecular flexibility index (Phi) is 6.21. The van der Waals surface area contributed by atoms with Crippen LogP contribution < -0.4 is 0 Å². The fourth-order valence-electron chi connectivity index (χ4n) is 2.66. The number of hydrogen-bond donors (Lipinski definition) is 0. The lowest BCUT2D eigenvalue weighted by atomic mass is 9.75. The molecule has 1 saturated carbocycles. The Morgan fingerprint density at radius 1 is 1.33 bits per heavy atom. The van der Waals surface area contributed by atoms with Crippen LogP contribution in [-0.2, 0) is 4.74 Å². The minimum Gasteiger partial charge on any atom is -0.385 e. The van der Waals surface area contributed by atoms with Gasteiger partial charge in [0, 0.05) is 18.5 Å². The number of alkyl halides is 1. The predicted molar refractivity (Wildman–Crippen MR) is 69.5 cm³/mol. The molecule has 1 nitrogen and oxygen atoms in total. The summed E-state index contributed by atoms with van der Waals surface area (Å²) in [6.45, 7) is 5.65. The van der Waals surface area contributed by atoms with E-state index in [4.69, 9.17) is 4.74 Å². The van der Waals surface area contributed by atoms with Gasteiger partial charge < -0.3 is 4.74 Å². The third kappa shape index (κ3) is 4.44. The highest BCUT2D eigenvalue weighted by Gasteiger charge is 2.29. The van der Waals surface area contributed by atoms with Crippen LogP contribution in [0.2, 0.25) is 0 Å². The lowest BCUT2D eigenvalue weighted by Gasteiger charge is -2.35. The smallest absolute Gasteiger partial charge is 0.0462 e. The first kappa shape index (κ1) is 13.5. The molecule has 90 valence electrons. The average Bonchev–Trinajstić information content (AvgIpc) is 2.20. The highest BCUT2D eigenvalue weighted by atomic mass is 79.9. The molecule has 15 heavy (non-hydrogen) atoms. The Morgan fingerprint density at radius 2 is 2.07 bits per heavy atom. The normalized spacial score (nSPS) is 32.2. The standard InChI is InChI=1S/C13H25BrO/c1-10(2)11-6-7-13(14)12(9-11)5-4-8-15-3/h10-13H,4-9H2,1-3H3. The van der Waals surface area contributed by atoms with E-state index in [1.807, 2.05) is 0 Å². The van der Waals surface area contributed by atoms with Crippen molar-refractivity contribution in [1.82, 2.24) is 0 Å². The highest BCUT2D eigenvalue weighted by molar-refractivity contribution is 9.09. The summed E-state index contributed by atoms with van der Waals surface area (Å²) in [6, 6.07) is 0. The van der Waals surface area contributed by atoms with Crippen molar-refractivity contribution in [2.45, 2.75) is 50.8 Å². The van der Waals surface area contributed by atoms with Crippen LogP contribution >= 0.6 is 15.9 Å². The quantitative estimate of drug-likeness (QED) is 0.539. The molecule has 1 aliphatic rings. The second-order valence-electron chi connectivity index (χ2n) is 5.23. The van der Waals surface area contributed by atoms with Crippen molar-refractivity contribution in [3.05, 3.63) is 0 Å². The molecule has 1 rings (SSSR count). The summed E-state index contributed by atoms with van der Waals surface area (Å²) in [6.07, 6.45) is 6.73. The molecular weight excluding hydrogens is 252 g/mol. The fourth-order valence-corrected chi connectivity index (χ4v) is 3.40. The van der Waals surface area contributed by atoms with Gasteiger partial charge in [-0.25, -0.2) is 0 Å². The predicted octanol–water partition coefficient (Wildman–Crippen LogP) is 4.25. The number of ether oxygens (including phenoxy) is 1. The molecule has 0 spiro atoms. The van der Waals surface area contributed by atoms with Crippen LogP contribution in [0.25, 0.3) is 0 Å². The Bertz CT molecular complexity index is 170. The Hall–Kier alpha value is 0.440. The van der Waals surface area contributed by atoms with E-state index < -0.39 is 0 Å². The first-order chi connectivity index (χ1) is 7.15. The van der Waals surface area contributed by atoms with E-state index in [0.29, 0.717) is 0 Å². The molecule has 0 bridgehead atoms. The van der Waals surface area contributed by atoms with Gasteiger partial charge in [-0.15, -0.1) is 0 Å². The molecule has 0 heterocycles. The van der Waals surface area contributed by atoms with Gasteiger partial charge in [0.05, 0.1) is 0 Å². The van der Waals surface area contributed by atoms with E-state index in [-0.39, 0.29) is 0 Å². The maximum atomic E-state index is 5.13. The zero-order chi connectivity index (χ0) is 11.3. The number of halogens is 1. The summed E-state index contributed by atoms with van der Waals surface area (Å²) in [4.78, 5) is 0.754. The molecular formula is C13H25BrO. The van der Waals surface area contributed by atoms with Gasteiger partial charge in [-0.1, -0.05) is 29.8 Å². The van der Waals surface area contributed by atoms with Gasteiger partial charge in [-0.2, -0.15) is 0 Å². The summed E-state index contributed by atoms with van der Waals surface area (Å²) >= 11 is 3.84. The monoisotopic (exact) mass is 276 g/mol. The van der Waals surface area contributed by atoms with Crippen molar-refractivity contribution in [3.63, 3.8) is 0 Å². The molecule has 3 atom stereocenters. The van der Waals surface area contributed by atoms with Gasteiger partial charge in [0.15, 0.2) is 0 Å². The van der Waals surface area contributed by atoms with Gasteiger partial charge in [0.1, 0.15) is 0 Å². The van der Waals surface area contributed by atoms with Gasteiger partial charge in [0.2, 0.25) is 0 Å². The topological polar surface area (TPSA) is 9.23 Å². The highest BCUT2D eigenvalue weighted by Crippen LogP contribution is 2.39. The van der Waals surface area contributed by atoms with Crippen molar-refractivity contribution in [2.75, 3.05) is 13.7 Å². The number of rotatable bonds is 5. The first-order valence-corrected chi connectivity index (χ1v) is 7.19. The third-order valence-electron chi connectivity index (χ3n) is 3.80. The molecule has 1 aliphatic carbocycles. The molecule has 2 heteroatoms. The van der Waals surface area contributed by atoms with Crippen LogP contribution in [0.15, 0.2) is 0 Å². The molecule has 0 saturated heterocycles. The van der Waals surface area contributed by atoms with Gasteiger partial charge >= 0.3 is 0 Å². The molecule has 0 amide bonds. The molecule has 0 aromatic carbocycles. The van der Waals surface area contributed by atoms with E-state index in [1.54, 1.807) is 7.11 Å². The summed E-state index contributed by atoms with van der Waals surface area (Å²) < 4.78 is 5.13. The van der Waals surface area contributed by atoms with Crippen LogP contribution in [0.5, 0.6) is 0 Å². The fraction of sp³-hybridized carbons (Fsp3) is 1.00. The van der Waals surface area contributed by atoms with Crippen molar-refractivity contribution in [2.24, 2.45) is 17.8 Å². The van der Waals surface area contributed by atoms with Gasteiger partial charge in [-0.3, -0.25) is 0 Å². The molecule has 0 aromatic rings. The van der Waals surface area contributed by atoms with Gasteiger partial charge in [-0.05, 0) is 49.9 Å². The first-order valence-electron chi connectivity index (χ1n) is 6.28. The van der Waals surface area contributed by atoms with Gasteiger partial charge in [0.25, 0.3) is 0 Å². The molecule has 0 aromatic heterocycles. The zero-order valence-corrected chi connectivity index (χ0v) is 11.9. The van der Waals surface area contributed by atoms with Crippen molar-refractivity contribution < 1.29 is 4.74 Å². The Labute approximate surface area is 103 Å². The Balaban J connectivity index is 2.32. The maximum absolute atomic E-state index is 5.13. The summed E-state index contributed by atoms with van der Waals surface area (Å²) in [7, 11) is 1.80. The maximum Gasteiger partial charge on any atom is 0.0462 e. The van der Waals surface area contributed by atoms with Crippen molar-refractivity contribution >= 4 is 15.9 Å². The largest absolute Gasteiger partial charge is 0.385 e. The molecule has 1 fully saturated rings. The number of hydrogen-bond acceptors (Lipinski definition) is 1. The van der Waals surface area contributed by atoms with Crippen LogP contribution in [0.3, 0.4) is 0 Å². The summed E-state index contributed by atoms with van der Waals surface area (Å²) in [5.74, 6) is 2.68. The Morgan fingerprint density at radius 3 is 2.67 bits per heavy atom. The summed E-state index contributed by atoms with van der Waals surface area (Å²) in [5, 5.41) is 0. The average molecular weight is 277 g/mol. The second-order valence-corrected chi connectivity index (χ2v) is 6.40. The lowest BCUT2D eigenvalue weighted by molar-refractivity contribution is 0.168. The van der Waals surface area contributed by atoms with E-state index in [9.17, 15) is 0 Å². The zero-order valence-electron chi connectivity index (χ0n) is 10.3.